The predicted molar refractivity (Wildman–Crippen MR) is 139 cm³/mol. The quantitative estimate of drug-likeness (QED) is 0.286. The van der Waals surface area contributed by atoms with Gasteiger partial charge in [-0.25, -0.2) is 0 Å². The van der Waals surface area contributed by atoms with Crippen molar-refractivity contribution in [1.29, 1.82) is 0 Å². The van der Waals surface area contributed by atoms with Gasteiger partial charge in [-0.05, 0) is 43.6 Å². The maximum absolute atomic E-state index is 5.71. The summed E-state index contributed by atoms with van der Waals surface area (Å²) in [4.78, 5) is 9.41. The van der Waals surface area contributed by atoms with Crippen molar-refractivity contribution in [2.75, 3.05) is 39.8 Å². The van der Waals surface area contributed by atoms with Gasteiger partial charge in [-0.15, -0.1) is 24.0 Å². The van der Waals surface area contributed by atoms with Gasteiger partial charge in [0, 0.05) is 39.3 Å². The first-order valence-electron chi connectivity index (χ1n) is 11.2. The second kappa shape index (κ2) is 13.8. The van der Waals surface area contributed by atoms with Crippen LogP contribution in [0.1, 0.15) is 44.1 Å². The fourth-order valence-electron chi connectivity index (χ4n) is 4.21. The Kier molecular flexibility index (Phi) is 11.4. The van der Waals surface area contributed by atoms with E-state index in [1.165, 1.54) is 5.56 Å². The summed E-state index contributed by atoms with van der Waals surface area (Å²) in [6.45, 7) is 10.4. The third-order valence-electron chi connectivity index (χ3n) is 5.99. The van der Waals surface area contributed by atoms with Crippen molar-refractivity contribution in [3.05, 3.63) is 60.1 Å². The Labute approximate surface area is 204 Å². The van der Waals surface area contributed by atoms with Crippen molar-refractivity contribution in [2.24, 2.45) is 4.99 Å². The van der Waals surface area contributed by atoms with Crippen molar-refractivity contribution in [3.63, 3.8) is 0 Å². The Morgan fingerprint density at radius 2 is 1.84 bits per heavy atom. The molecule has 172 valence electrons. The third kappa shape index (κ3) is 7.80. The molecule has 1 saturated heterocycles. The number of piperidine rings is 1. The predicted octanol–water partition coefficient (Wildman–Crippen LogP) is 4.11. The van der Waals surface area contributed by atoms with Crippen LogP contribution in [-0.2, 0) is 6.54 Å². The number of nitrogens with one attached hydrogen (secondary N) is 2. The van der Waals surface area contributed by atoms with E-state index in [4.69, 9.17) is 4.42 Å². The number of furan rings is 1. The van der Waals surface area contributed by atoms with E-state index in [1.54, 1.807) is 6.26 Å². The SMILES string of the molecule is CCN(CC)C(CNC(=NC)NC1CCN(Cc2ccccc2)CC1)c1ccco1.I. The summed E-state index contributed by atoms with van der Waals surface area (Å²) in [5.74, 6) is 1.87. The summed E-state index contributed by atoms with van der Waals surface area (Å²) in [6, 6.07) is 15.4. The molecule has 1 aromatic carbocycles. The van der Waals surface area contributed by atoms with Crippen molar-refractivity contribution in [3.8, 4) is 0 Å². The normalized spacial score (nSPS) is 16.7. The zero-order valence-corrected chi connectivity index (χ0v) is 21.4. The maximum atomic E-state index is 5.71. The lowest BCUT2D eigenvalue weighted by Crippen LogP contribution is -2.50. The van der Waals surface area contributed by atoms with Gasteiger partial charge in [0.05, 0.1) is 12.3 Å². The molecule has 2 N–H and O–H groups in total. The Bertz CT molecular complexity index is 741. The fraction of sp³-hybridized carbons (Fsp3) is 0.542. The van der Waals surface area contributed by atoms with Crippen molar-refractivity contribution < 1.29 is 4.42 Å². The number of guanidine groups is 1. The molecule has 0 spiro atoms. The summed E-state index contributed by atoms with van der Waals surface area (Å²) in [5.41, 5.74) is 1.39. The van der Waals surface area contributed by atoms with E-state index in [9.17, 15) is 0 Å². The van der Waals surface area contributed by atoms with Crippen LogP contribution in [0.15, 0.2) is 58.1 Å². The summed E-state index contributed by atoms with van der Waals surface area (Å²) in [7, 11) is 1.85. The minimum atomic E-state index is 0. The molecule has 1 aliphatic rings. The van der Waals surface area contributed by atoms with Gasteiger partial charge < -0.3 is 15.1 Å². The maximum Gasteiger partial charge on any atom is 0.191 e. The molecule has 2 aromatic rings. The smallest absolute Gasteiger partial charge is 0.191 e. The van der Waals surface area contributed by atoms with Crippen LogP contribution < -0.4 is 10.6 Å². The van der Waals surface area contributed by atoms with Gasteiger partial charge in [-0.1, -0.05) is 44.2 Å². The topological polar surface area (TPSA) is 56.0 Å². The lowest BCUT2D eigenvalue weighted by atomic mass is 10.0. The largest absolute Gasteiger partial charge is 0.468 e. The minimum Gasteiger partial charge on any atom is -0.468 e. The van der Waals surface area contributed by atoms with Crippen LogP contribution in [0.5, 0.6) is 0 Å². The van der Waals surface area contributed by atoms with E-state index in [0.717, 1.165) is 63.8 Å². The number of hydrogen-bond donors (Lipinski definition) is 2. The highest BCUT2D eigenvalue weighted by Crippen LogP contribution is 2.20. The highest BCUT2D eigenvalue weighted by Gasteiger charge is 2.23. The van der Waals surface area contributed by atoms with E-state index >= 15 is 0 Å². The molecule has 7 heteroatoms. The van der Waals surface area contributed by atoms with Gasteiger partial charge in [-0.2, -0.15) is 0 Å². The highest BCUT2D eigenvalue weighted by molar-refractivity contribution is 14.0. The molecule has 0 bridgehead atoms. The third-order valence-corrected chi connectivity index (χ3v) is 5.99. The molecule has 1 atom stereocenters. The first-order chi connectivity index (χ1) is 14.7. The summed E-state index contributed by atoms with van der Waals surface area (Å²) in [5, 5.41) is 7.16. The number of benzene rings is 1. The second-order valence-electron chi connectivity index (χ2n) is 7.89. The van der Waals surface area contributed by atoms with Gasteiger partial charge in [-0.3, -0.25) is 14.8 Å². The second-order valence-corrected chi connectivity index (χ2v) is 7.89. The summed E-state index contributed by atoms with van der Waals surface area (Å²) >= 11 is 0. The molecule has 1 fully saturated rings. The fourth-order valence-corrected chi connectivity index (χ4v) is 4.21. The zero-order valence-electron chi connectivity index (χ0n) is 19.1. The van der Waals surface area contributed by atoms with E-state index in [-0.39, 0.29) is 30.0 Å². The summed E-state index contributed by atoms with van der Waals surface area (Å²) in [6.07, 6.45) is 4.01. The Morgan fingerprint density at radius 3 is 2.42 bits per heavy atom. The molecule has 1 aliphatic heterocycles. The Hall–Kier alpha value is -1.58. The molecule has 1 aromatic heterocycles. The molecule has 6 nitrogen and oxygen atoms in total. The monoisotopic (exact) mass is 539 g/mol. The molecule has 2 heterocycles. The first-order valence-corrected chi connectivity index (χ1v) is 11.2. The molecule has 0 amide bonds. The lowest BCUT2D eigenvalue weighted by molar-refractivity contribution is 0.190. The lowest BCUT2D eigenvalue weighted by Gasteiger charge is -2.33. The van der Waals surface area contributed by atoms with Crippen molar-refractivity contribution in [1.82, 2.24) is 20.4 Å². The molecule has 0 aliphatic carbocycles. The average molecular weight is 540 g/mol. The molecule has 0 saturated carbocycles. The van der Waals surface area contributed by atoms with E-state index in [0.29, 0.717) is 6.04 Å². The van der Waals surface area contributed by atoms with Crippen LogP contribution in [0.3, 0.4) is 0 Å². The van der Waals surface area contributed by atoms with Gasteiger partial charge in [0.2, 0.25) is 0 Å². The number of aliphatic imine (C=N–C) groups is 1. The average Bonchev–Trinajstić information content (AvgIpc) is 3.32. The first kappa shape index (κ1) is 25.7. The van der Waals surface area contributed by atoms with Gasteiger partial charge >= 0.3 is 0 Å². The van der Waals surface area contributed by atoms with Crippen LogP contribution >= 0.6 is 24.0 Å². The number of likely N-dealkylation sites (N-methyl/N-ethyl adjacent to an activating group) is 1. The molecular weight excluding hydrogens is 501 g/mol. The number of rotatable bonds is 9. The van der Waals surface area contributed by atoms with Gasteiger partial charge in [0.25, 0.3) is 0 Å². The number of likely N-dealkylation sites (tertiary alicyclic amines) is 1. The standard InChI is InChI=1S/C24H37N5O.HI/c1-4-29(5-2)22(23-12-9-17-30-23)18-26-24(25-3)27-21-13-15-28(16-14-21)19-20-10-7-6-8-11-20;/h6-12,17,21-22H,4-5,13-16,18-19H2,1-3H3,(H2,25,26,27);1H. The van der Waals surface area contributed by atoms with E-state index in [1.807, 2.05) is 13.1 Å². The Morgan fingerprint density at radius 1 is 1.13 bits per heavy atom. The molecular formula is C24H38IN5O. The van der Waals surface area contributed by atoms with Gasteiger partial charge in [0.1, 0.15) is 5.76 Å². The number of halogens is 1. The molecule has 3 rings (SSSR count). The van der Waals surface area contributed by atoms with Crippen molar-refractivity contribution >= 4 is 29.9 Å². The van der Waals surface area contributed by atoms with Gasteiger partial charge in [0.15, 0.2) is 5.96 Å². The zero-order chi connectivity index (χ0) is 21.2. The highest BCUT2D eigenvalue weighted by atomic mass is 127. The molecule has 31 heavy (non-hydrogen) atoms. The number of nitrogens with zero attached hydrogens (tertiary/aromatic N) is 3. The van der Waals surface area contributed by atoms with Crippen LogP contribution in [0.2, 0.25) is 0 Å². The van der Waals surface area contributed by atoms with E-state index in [2.05, 4.69) is 75.7 Å². The minimum absolute atomic E-state index is 0. The molecule has 0 radical (unpaired) electrons. The van der Waals surface area contributed by atoms with Crippen LogP contribution in [0.25, 0.3) is 0 Å². The Balaban J connectivity index is 0.00000341. The number of hydrogen-bond acceptors (Lipinski definition) is 4. The van der Waals surface area contributed by atoms with E-state index < -0.39 is 0 Å². The van der Waals surface area contributed by atoms with Crippen LogP contribution in [-0.4, -0.2) is 61.6 Å². The van der Waals surface area contributed by atoms with Crippen LogP contribution in [0, 0.1) is 0 Å². The molecule has 1 unspecified atom stereocenters. The summed E-state index contributed by atoms with van der Waals surface area (Å²) < 4.78 is 5.71. The van der Waals surface area contributed by atoms with Crippen molar-refractivity contribution in [2.45, 2.75) is 45.3 Å². The van der Waals surface area contributed by atoms with Crippen LogP contribution in [0.4, 0.5) is 0 Å².